The first-order valence-electron chi connectivity index (χ1n) is 7.45. The summed E-state index contributed by atoms with van der Waals surface area (Å²) in [5.41, 5.74) is 2.46. The molecule has 0 saturated heterocycles. The van der Waals surface area contributed by atoms with Gasteiger partial charge in [0.05, 0.1) is 11.0 Å². The van der Waals surface area contributed by atoms with Gasteiger partial charge in [0.15, 0.2) is 0 Å². The van der Waals surface area contributed by atoms with Crippen LogP contribution in [-0.2, 0) is 4.79 Å². The van der Waals surface area contributed by atoms with Crippen molar-refractivity contribution in [3.63, 3.8) is 0 Å². The molecule has 4 nitrogen and oxygen atoms in total. The van der Waals surface area contributed by atoms with E-state index >= 15 is 0 Å². The van der Waals surface area contributed by atoms with Crippen molar-refractivity contribution in [2.75, 3.05) is 0 Å². The largest absolute Gasteiger partial charge is 0.411 e. The molecule has 118 valence electrons. The van der Waals surface area contributed by atoms with E-state index in [1.165, 1.54) is 12.1 Å². The number of carbonyl (C=O) groups is 1. The number of pyridine rings is 1. The summed E-state index contributed by atoms with van der Waals surface area (Å²) >= 11 is 0. The maximum Gasteiger partial charge on any atom is 0.299 e. The molecule has 0 saturated carbocycles. The van der Waals surface area contributed by atoms with Gasteiger partial charge in [0, 0.05) is 22.9 Å². The minimum atomic E-state index is -0.343. The zero-order valence-electron chi connectivity index (χ0n) is 12.9. The molecule has 0 bridgehead atoms. The summed E-state index contributed by atoms with van der Waals surface area (Å²) in [5, 5.41) is 1.78. The summed E-state index contributed by atoms with van der Waals surface area (Å²) in [6.45, 7) is 2.37. The van der Waals surface area contributed by atoms with Crippen molar-refractivity contribution >= 4 is 28.3 Å². The first-order chi connectivity index (χ1) is 11.7. The Balaban J connectivity index is 2.04. The van der Waals surface area contributed by atoms with E-state index in [1.54, 1.807) is 16.7 Å². The Labute approximate surface area is 137 Å². The lowest BCUT2D eigenvalue weighted by molar-refractivity contribution is -0.121. The number of para-hydroxylation sites is 1. The minimum absolute atomic E-state index is 0.343. The van der Waals surface area contributed by atoms with Crippen LogP contribution in [0.25, 0.3) is 27.6 Å². The molecule has 0 fully saturated rings. The second kappa shape index (κ2) is 5.45. The average Bonchev–Trinajstić information content (AvgIpc) is 2.94. The van der Waals surface area contributed by atoms with E-state index in [1.807, 2.05) is 37.3 Å². The van der Waals surface area contributed by atoms with Crippen LogP contribution in [-0.4, -0.2) is 16.0 Å². The quantitative estimate of drug-likeness (QED) is 0.532. The summed E-state index contributed by atoms with van der Waals surface area (Å²) in [5.74, 6) is 0.594. The van der Waals surface area contributed by atoms with Crippen LogP contribution < -0.4 is 4.74 Å². The van der Waals surface area contributed by atoms with Crippen molar-refractivity contribution < 1.29 is 13.9 Å². The van der Waals surface area contributed by atoms with Crippen LogP contribution in [0.4, 0.5) is 4.39 Å². The third-order valence-corrected chi connectivity index (χ3v) is 4.03. The van der Waals surface area contributed by atoms with Crippen molar-refractivity contribution in [1.29, 1.82) is 0 Å². The molecule has 24 heavy (non-hydrogen) atoms. The van der Waals surface area contributed by atoms with Crippen LogP contribution in [0.5, 0.6) is 5.88 Å². The highest BCUT2D eigenvalue weighted by Crippen LogP contribution is 2.31. The fourth-order valence-electron chi connectivity index (χ4n) is 2.98. The molecule has 0 spiro atoms. The van der Waals surface area contributed by atoms with Crippen molar-refractivity contribution in [3.05, 3.63) is 66.0 Å². The molecule has 0 aliphatic carbocycles. The molecule has 0 amide bonds. The first-order valence-corrected chi connectivity index (χ1v) is 7.45. The van der Waals surface area contributed by atoms with E-state index in [9.17, 15) is 9.18 Å². The number of benzene rings is 2. The van der Waals surface area contributed by atoms with E-state index < -0.39 is 0 Å². The van der Waals surface area contributed by atoms with Gasteiger partial charge in [-0.15, -0.1) is 0 Å². The van der Waals surface area contributed by atoms with Gasteiger partial charge < -0.3 is 4.74 Å². The average molecular weight is 320 g/mol. The van der Waals surface area contributed by atoms with Gasteiger partial charge in [-0.1, -0.05) is 18.2 Å². The second-order valence-electron chi connectivity index (χ2n) is 5.55. The molecule has 0 N–H and O–H groups in total. The molecule has 2 heterocycles. The van der Waals surface area contributed by atoms with Gasteiger partial charge in [-0.2, -0.15) is 0 Å². The zero-order valence-corrected chi connectivity index (χ0v) is 12.9. The number of hydrogen-bond acceptors (Lipinski definition) is 3. The van der Waals surface area contributed by atoms with Gasteiger partial charge in [-0.25, -0.2) is 9.37 Å². The standard InChI is InChI=1S/C19H13FN2O2/c1-12-3-2-4-14-9-18(24-11-23)22(19(12)14)17-8-6-13-5-7-15(20)10-16(13)21-17/h2-11H,1H3. The van der Waals surface area contributed by atoms with Crippen molar-refractivity contribution in [2.24, 2.45) is 0 Å². The van der Waals surface area contributed by atoms with E-state index in [0.29, 0.717) is 23.7 Å². The summed E-state index contributed by atoms with van der Waals surface area (Å²) < 4.78 is 20.4. The third kappa shape index (κ3) is 2.22. The number of aromatic nitrogens is 2. The number of rotatable bonds is 3. The number of fused-ring (bicyclic) bond motifs is 2. The number of ether oxygens (including phenoxy) is 1. The minimum Gasteiger partial charge on any atom is -0.411 e. The molecule has 0 aliphatic rings. The highest BCUT2D eigenvalue weighted by atomic mass is 19.1. The summed E-state index contributed by atoms with van der Waals surface area (Å²) in [7, 11) is 0. The maximum atomic E-state index is 13.5. The molecule has 0 atom stereocenters. The second-order valence-corrected chi connectivity index (χ2v) is 5.55. The van der Waals surface area contributed by atoms with Gasteiger partial charge in [0.25, 0.3) is 6.47 Å². The van der Waals surface area contributed by atoms with Crippen LogP contribution in [0, 0.1) is 12.7 Å². The lowest BCUT2D eigenvalue weighted by Gasteiger charge is -2.10. The Bertz CT molecular complexity index is 1090. The number of hydrogen-bond donors (Lipinski definition) is 0. The van der Waals surface area contributed by atoms with Gasteiger partial charge in [0.2, 0.25) is 5.88 Å². The lowest BCUT2D eigenvalue weighted by Crippen LogP contribution is -2.02. The summed E-state index contributed by atoms with van der Waals surface area (Å²) in [4.78, 5) is 15.4. The van der Waals surface area contributed by atoms with Gasteiger partial charge in [0.1, 0.15) is 11.6 Å². The Morgan fingerprint density at radius 2 is 1.92 bits per heavy atom. The first kappa shape index (κ1) is 14.4. The number of aryl methyl sites for hydroxylation is 1. The van der Waals surface area contributed by atoms with Crippen molar-refractivity contribution in [3.8, 4) is 11.7 Å². The van der Waals surface area contributed by atoms with Crippen molar-refractivity contribution in [1.82, 2.24) is 9.55 Å². The van der Waals surface area contributed by atoms with E-state index in [2.05, 4.69) is 4.98 Å². The topological polar surface area (TPSA) is 44.1 Å². The van der Waals surface area contributed by atoms with Crippen molar-refractivity contribution in [2.45, 2.75) is 6.92 Å². The van der Waals surface area contributed by atoms with Gasteiger partial charge >= 0.3 is 0 Å². The van der Waals surface area contributed by atoms with Crippen LogP contribution in [0.2, 0.25) is 0 Å². The fraction of sp³-hybridized carbons (Fsp3) is 0.0526. The lowest BCUT2D eigenvalue weighted by atomic mass is 10.1. The molecular formula is C19H13FN2O2. The van der Waals surface area contributed by atoms with E-state index in [-0.39, 0.29) is 5.82 Å². The molecule has 2 aromatic heterocycles. The highest BCUT2D eigenvalue weighted by Gasteiger charge is 2.15. The Hall–Kier alpha value is -3.21. The smallest absolute Gasteiger partial charge is 0.299 e. The van der Waals surface area contributed by atoms with Crippen LogP contribution in [0.3, 0.4) is 0 Å². The molecular weight excluding hydrogens is 307 g/mol. The van der Waals surface area contributed by atoms with Gasteiger partial charge in [-0.3, -0.25) is 9.36 Å². The van der Waals surface area contributed by atoms with E-state index in [0.717, 1.165) is 21.9 Å². The molecule has 5 heteroatoms. The van der Waals surface area contributed by atoms with E-state index in [4.69, 9.17) is 4.74 Å². The molecule has 0 unspecified atom stereocenters. The van der Waals surface area contributed by atoms with Crippen LogP contribution >= 0.6 is 0 Å². The maximum absolute atomic E-state index is 13.5. The third-order valence-electron chi connectivity index (χ3n) is 4.03. The Morgan fingerprint density at radius 3 is 2.75 bits per heavy atom. The number of carbonyl (C=O) groups excluding carboxylic acids is 1. The molecule has 4 aromatic rings. The normalized spacial score (nSPS) is 11.1. The predicted octanol–water partition coefficient (Wildman–Crippen LogP) is 4.16. The predicted molar refractivity (Wildman–Crippen MR) is 90.0 cm³/mol. The summed E-state index contributed by atoms with van der Waals surface area (Å²) in [6.07, 6.45) is 0. The fourth-order valence-corrected chi connectivity index (χ4v) is 2.98. The molecule has 0 radical (unpaired) electrons. The van der Waals surface area contributed by atoms with Crippen LogP contribution in [0.1, 0.15) is 5.56 Å². The number of halogens is 1. The number of nitrogens with zero attached hydrogens (tertiary/aromatic N) is 2. The monoisotopic (exact) mass is 320 g/mol. The SMILES string of the molecule is Cc1cccc2cc(OC=O)n(-c3ccc4ccc(F)cc4n3)c12. The van der Waals surface area contributed by atoms with Crippen LogP contribution in [0.15, 0.2) is 54.6 Å². The zero-order chi connectivity index (χ0) is 16.7. The summed E-state index contributed by atoms with van der Waals surface area (Å²) in [6, 6.07) is 15.8. The molecule has 4 rings (SSSR count). The Kier molecular flexibility index (Phi) is 3.27. The Morgan fingerprint density at radius 1 is 1.08 bits per heavy atom. The van der Waals surface area contributed by atoms with Gasteiger partial charge in [-0.05, 0) is 36.8 Å². The molecule has 0 aliphatic heterocycles. The molecule has 2 aromatic carbocycles. The highest BCUT2D eigenvalue weighted by molar-refractivity contribution is 5.88.